The predicted molar refractivity (Wildman–Crippen MR) is 74.9 cm³/mol. The van der Waals surface area contributed by atoms with Crippen molar-refractivity contribution in [3.63, 3.8) is 0 Å². The standard InChI is InChI=1S/C13H13N3OS/c1-9(10-4-6-11(14)7-5-10)15-16-13(17)12-3-2-8-18-12/h2-8H,14H2,1H3,(H,16,17)/b15-9+. The molecule has 0 radical (unpaired) electrons. The van der Waals surface area contributed by atoms with Crippen LogP contribution < -0.4 is 11.2 Å². The highest BCUT2D eigenvalue weighted by Crippen LogP contribution is 2.09. The summed E-state index contributed by atoms with van der Waals surface area (Å²) in [5.74, 6) is -0.195. The lowest BCUT2D eigenvalue weighted by atomic mass is 10.1. The smallest absolute Gasteiger partial charge is 0.281 e. The Morgan fingerprint density at radius 2 is 2.00 bits per heavy atom. The Morgan fingerprint density at radius 3 is 2.61 bits per heavy atom. The molecule has 0 spiro atoms. The number of hydrazone groups is 1. The van der Waals surface area contributed by atoms with E-state index in [0.717, 1.165) is 11.3 Å². The number of benzene rings is 1. The molecule has 0 unspecified atom stereocenters. The maximum Gasteiger partial charge on any atom is 0.281 e. The molecule has 0 saturated carbocycles. The van der Waals surface area contributed by atoms with E-state index in [4.69, 9.17) is 5.73 Å². The topological polar surface area (TPSA) is 67.5 Å². The minimum Gasteiger partial charge on any atom is -0.399 e. The van der Waals surface area contributed by atoms with Crippen molar-refractivity contribution in [3.05, 3.63) is 52.2 Å². The molecule has 1 aromatic heterocycles. The van der Waals surface area contributed by atoms with Gasteiger partial charge in [0.25, 0.3) is 5.91 Å². The molecule has 18 heavy (non-hydrogen) atoms. The van der Waals surface area contributed by atoms with Crippen LogP contribution in [0, 0.1) is 0 Å². The van der Waals surface area contributed by atoms with Crippen molar-refractivity contribution in [1.29, 1.82) is 0 Å². The Bertz CT molecular complexity index is 558. The summed E-state index contributed by atoms with van der Waals surface area (Å²) < 4.78 is 0. The summed E-state index contributed by atoms with van der Waals surface area (Å²) >= 11 is 1.38. The first-order valence-electron chi connectivity index (χ1n) is 5.41. The van der Waals surface area contributed by atoms with Crippen LogP contribution in [0.4, 0.5) is 5.69 Å². The number of rotatable bonds is 3. The van der Waals surface area contributed by atoms with Crippen molar-refractivity contribution in [2.45, 2.75) is 6.92 Å². The van der Waals surface area contributed by atoms with Gasteiger partial charge in [-0.25, -0.2) is 5.43 Å². The third-order valence-electron chi connectivity index (χ3n) is 2.40. The molecule has 0 aliphatic heterocycles. The Labute approximate surface area is 109 Å². The molecule has 0 bridgehead atoms. The number of carbonyl (C=O) groups is 1. The lowest BCUT2D eigenvalue weighted by Gasteiger charge is -2.02. The molecular formula is C13H13N3OS. The summed E-state index contributed by atoms with van der Waals surface area (Å²) in [7, 11) is 0. The van der Waals surface area contributed by atoms with E-state index in [1.165, 1.54) is 11.3 Å². The first-order chi connectivity index (χ1) is 8.66. The maximum atomic E-state index is 11.7. The molecule has 2 rings (SSSR count). The SMILES string of the molecule is C/C(=N\NC(=O)c1cccs1)c1ccc(N)cc1. The van der Waals surface area contributed by atoms with Crippen LogP contribution in [0.3, 0.4) is 0 Å². The first-order valence-corrected chi connectivity index (χ1v) is 6.29. The van der Waals surface area contributed by atoms with Crippen molar-refractivity contribution in [1.82, 2.24) is 5.43 Å². The van der Waals surface area contributed by atoms with Gasteiger partial charge in [-0.3, -0.25) is 4.79 Å². The molecule has 5 heteroatoms. The van der Waals surface area contributed by atoms with Gasteiger partial charge in [0.2, 0.25) is 0 Å². The molecule has 92 valence electrons. The highest BCUT2D eigenvalue weighted by molar-refractivity contribution is 7.12. The molecule has 1 aromatic carbocycles. The molecule has 0 aliphatic rings. The van der Waals surface area contributed by atoms with Gasteiger partial charge < -0.3 is 5.73 Å². The van der Waals surface area contributed by atoms with Crippen molar-refractivity contribution in [3.8, 4) is 0 Å². The summed E-state index contributed by atoms with van der Waals surface area (Å²) in [5, 5.41) is 5.92. The summed E-state index contributed by atoms with van der Waals surface area (Å²) in [6.45, 7) is 1.83. The minimum absolute atomic E-state index is 0.195. The van der Waals surface area contributed by atoms with Crippen LogP contribution in [0.2, 0.25) is 0 Å². The second-order valence-electron chi connectivity index (χ2n) is 3.74. The summed E-state index contributed by atoms with van der Waals surface area (Å²) in [6, 6.07) is 10.9. The second-order valence-corrected chi connectivity index (χ2v) is 4.69. The highest BCUT2D eigenvalue weighted by Gasteiger charge is 2.05. The number of hydrogen-bond acceptors (Lipinski definition) is 4. The van der Waals surface area contributed by atoms with Crippen LogP contribution in [0.25, 0.3) is 0 Å². The molecule has 1 heterocycles. The fourth-order valence-electron chi connectivity index (χ4n) is 1.39. The van der Waals surface area contributed by atoms with Crippen LogP contribution in [-0.4, -0.2) is 11.6 Å². The van der Waals surface area contributed by atoms with E-state index < -0.39 is 0 Å². The molecule has 2 aromatic rings. The van der Waals surface area contributed by atoms with E-state index in [2.05, 4.69) is 10.5 Å². The van der Waals surface area contributed by atoms with Gasteiger partial charge in [0.15, 0.2) is 0 Å². The van der Waals surface area contributed by atoms with Crippen molar-refractivity contribution >= 4 is 28.6 Å². The predicted octanol–water partition coefficient (Wildman–Crippen LogP) is 2.48. The zero-order chi connectivity index (χ0) is 13.0. The summed E-state index contributed by atoms with van der Waals surface area (Å²) in [5.41, 5.74) is 10.5. The quantitative estimate of drug-likeness (QED) is 0.505. The third kappa shape index (κ3) is 2.95. The first kappa shape index (κ1) is 12.3. The monoisotopic (exact) mass is 259 g/mol. The Kier molecular flexibility index (Phi) is 3.74. The average molecular weight is 259 g/mol. The van der Waals surface area contributed by atoms with Crippen LogP contribution >= 0.6 is 11.3 Å². The number of nitrogens with one attached hydrogen (secondary N) is 1. The van der Waals surface area contributed by atoms with Crippen molar-refractivity contribution in [2.75, 3.05) is 5.73 Å². The van der Waals surface area contributed by atoms with Gasteiger partial charge >= 0.3 is 0 Å². The number of nitrogens with zero attached hydrogens (tertiary/aromatic N) is 1. The fourth-order valence-corrected chi connectivity index (χ4v) is 2.00. The zero-order valence-electron chi connectivity index (χ0n) is 9.88. The number of carbonyl (C=O) groups excluding carboxylic acids is 1. The number of thiophene rings is 1. The Balaban J connectivity index is 2.05. The van der Waals surface area contributed by atoms with Gasteiger partial charge in [-0.05, 0) is 36.1 Å². The average Bonchev–Trinajstić information content (AvgIpc) is 2.90. The third-order valence-corrected chi connectivity index (χ3v) is 3.27. The van der Waals surface area contributed by atoms with E-state index in [9.17, 15) is 4.79 Å². The van der Waals surface area contributed by atoms with Gasteiger partial charge in [0.1, 0.15) is 0 Å². The minimum atomic E-state index is -0.195. The van der Waals surface area contributed by atoms with Gasteiger partial charge in [0.05, 0.1) is 10.6 Å². The number of nitrogens with two attached hydrogens (primary N) is 1. The molecule has 0 aliphatic carbocycles. The summed E-state index contributed by atoms with van der Waals surface area (Å²) in [6.07, 6.45) is 0. The lowest BCUT2D eigenvalue weighted by molar-refractivity contribution is 0.0959. The van der Waals surface area contributed by atoms with Crippen LogP contribution in [0.1, 0.15) is 22.2 Å². The number of hydrogen-bond donors (Lipinski definition) is 2. The van der Waals surface area contributed by atoms with Gasteiger partial charge in [0, 0.05) is 5.69 Å². The Hall–Kier alpha value is -2.14. The van der Waals surface area contributed by atoms with E-state index in [0.29, 0.717) is 10.6 Å². The van der Waals surface area contributed by atoms with Gasteiger partial charge in [-0.15, -0.1) is 11.3 Å². The number of anilines is 1. The molecule has 3 N–H and O–H groups in total. The van der Waals surface area contributed by atoms with Crippen LogP contribution in [-0.2, 0) is 0 Å². The Morgan fingerprint density at radius 1 is 1.28 bits per heavy atom. The largest absolute Gasteiger partial charge is 0.399 e. The number of nitrogen functional groups attached to an aromatic ring is 1. The summed E-state index contributed by atoms with van der Waals surface area (Å²) in [4.78, 5) is 12.3. The molecule has 1 amide bonds. The van der Waals surface area contributed by atoms with Crippen LogP contribution in [0.5, 0.6) is 0 Å². The van der Waals surface area contributed by atoms with Gasteiger partial charge in [-0.2, -0.15) is 5.10 Å². The molecule has 4 nitrogen and oxygen atoms in total. The van der Waals surface area contributed by atoms with E-state index in [1.807, 2.05) is 30.5 Å². The van der Waals surface area contributed by atoms with Gasteiger partial charge in [-0.1, -0.05) is 18.2 Å². The molecule has 0 atom stereocenters. The second kappa shape index (κ2) is 5.46. The van der Waals surface area contributed by atoms with E-state index in [1.54, 1.807) is 18.2 Å². The molecular weight excluding hydrogens is 246 g/mol. The van der Waals surface area contributed by atoms with Crippen molar-refractivity contribution < 1.29 is 4.79 Å². The zero-order valence-corrected chi connectivity index (χ0v) is 10.7. The van der Waals surface area contributed by atoms with E-state index in [-0.39, 0.29) is 5.91 Å². The number of amides is 1. The molecule has 0 saturated heterocycles. The van der Waals surface area contributed by atoms with E-state index >= 15 is 0 Å². The normalized spacial score (nSPS) is 11.3. The van der Waals surface area contributed by atoms with Crippen molar-refractivity contribution in [2.24, 2.45) is 5.10 Å². The maximum absolute atomic E-state index is 11.7. The molecule has 0 fully saturated rings. The fraction of sp³-hybridized carbons (Fsp3) is 0.0769. The highest BCUT2D eigenvalue weighted by atomic mass is 32.1. The van der Waals surface area contributed by atoms with Crippen LogP contribution in [0.15, 0.2) is 46.9 Å². The lowest BCUT2D eigenvalue weighted by Crippen LogP contribution is -2.18.